The second kappa shape index (κ2) is 8.51. The van der Waals surface area contributed by atoms with Gasteiger partial charge in [0.1, 0.15) is 11.4 Å². The quantitative estimate of drug-likeness (QED) is 0.790. The summed E-state index contributed by atoms with van der Waals surface area (Å²) in [7, 11) is 1.38. The van der Waals surface area contributed by atoms with Gasteiger partial charge in [0.25, 0.3) is 0 Å². The van der Waals surface area contributed by atoms with Crippen LogP contribution in [0.15, 0.2) is 36.5 Å². The molecule has 1 aliphatic rings. The molecule has 7 heteroatoms. The van der Waals surface area contributed by atoms with E-state index >= 15 is 0 Å². The van der Waals surface area contributed by atoms with E-state index in [0.29, 0.717) is 18.9 Å². The van der Waals surface area contributed by atoms with E-state index in [4.69, 9.17) is 4.74 Å². The standard InChI is InChI=1S/C22H27N3O4/c1-22(2,3)29-21(27)25-10-9-16-13-23-19(12-17(16)14-25)24-18-7-5-15(6-8-18)11-20(26)28-4/h5-8,12-13H,9-11,14H2,1-4H3,(H,23,24). The van der Waals surface area contributed by atoms with Gasteiger partial charge in [-0.1, -0.05) is 12.1 Å². The number of anilines is 2. The third-order valence-electron chi connectivity index (χ3n) is 4.55. The summed E-state index contributed by atoms with van der Waals surface area (Å²) in [6.07, 6.45) is 2.56. The van der Waals surface area contributed by atoms with Crippen LogP contribution in [0.2, 0.25) is 0 Å². The molecule has 1 aromatic carbocycles. The summed E-state index contributed by atoms with van der Waals surface area (Å²) in [6, 6.07) is 9.51. The largest absolute Gasteiger partial charge is 0.469 e. The summed E-state index contributed by atoms with van der Waals surface area (Å²) in [6.45, 7) is 6.72. The van der Waals surface area contributed by atoms with Crippen molar-refractivity contribution in [3.8, 4) is 0 Å². The highest BCUT2D eigenvalue weighted by Crippen LogP contribution is 2.24. The molecule has 0 bridgehead atoms. The Kier molecular flexibility index (Phi) is 6.06. The number of nitrogens with one attached hydrogen (secondary N) is 1. The maximum atomic E-state index is 12.4. The second-order valence-electron chi connectivity index (χ2n) is 8.06. The molecule has 29 heavy (non-hydrogen) atoms. The van der Waals surface area contributed by atoms with Gasteiger partial charge in [0.15, 0.2) is 0 Å². The molecule has 3 rings (SSSR count). The van der Waals surface area contributed by atoms with E-state index in [0.717, 1.165) is 28.8 Å². The fourth-order valence-electron chi connectivity index (χ4n) is 3.08. The van der Waals surface area contributed by atoms with Gasteiger partial charge in [-0.25, -0.2) is 9.78 Å². The number of methoxy groups -OCH3 is 1. The first kappa shape index (κ1) is 20.6. The summed E-state index contributed by atoms with van der Waals surface area (Å²) < 4.78 is 10.2. The SMILES string of the molecule is COC(=O)Cc1ccc(Nc2cc3c(cn2)CCN(C(=O)OC(C)(C)C)C3)cc1. The number of rotatable bonds is 4. The molecular formula is C22H27N3O4. The number of pyridine rings is 1. The van der Waals surface area contributed by atoms with E-state index < -0.39 is 5.60 Å². The lowest BCUT2D eigenvalue weighted by Crippen LogP contribution is -2.39. The van der Waals surface area contributed by atoms with Crippen molar-refractivity contribution in [1.29, 1.82) is 0 Å². The third-order valence-corrected chi connectivity index (χ3v) is 4.55. The molecule has 1 N–H and O–H groups in total. The Morgan fingerprint density at radius 1 is 1.17 bits per heavy atom. The Balaban J connectivity index is 1.67. The number of amides is 1. The monoisotopic (exact) mass is 397 g/mol. The topological polar surface area (TPSA) is 80.8 Å². The minimum atomic E-state index is -0.512. The molecule has 0 radical (unpaired) electrons. The molecule has 0 spiro atoms. The van der Waals surface area contributed by atoms with Gasteiger partial charge < -0.3 is 19.7 Å². The minimum absolute atomic E-state index is 0.244. The first-order valence-electron chi connectivity index (χ1n) is 9.62. The van der Waals surface area contributed by atoms with E-state index in [9.17, 15) is 9.59 Å². The average Bonchev–Trinajstić information content (AvgIpc) is 2.67. The van der Waals surface area contributed by atoms with E-state index in [2.05, 4.69) is 15.0 Å². The van der Waals surface area contributed by atoms with Crippen molar-refractivity contribution >= 4 is 23.6 Å². The smallest absolute Gasteiger partial charge is 0.410 e. The Morgan fingerprint density at radius 3 is 2.55 bits per heavy atom. The van der Waals surface area contributed by atoms with Gasteiger partial charge in [-0.15, -0.1) is 0 Å². The normalized spacial score (nSPS) is 13.4. The number of carbonyl (C=O) groups excluding carboxylic acids is 2. The van der Waals surface area contributed by atoms with Gasteiger partial charge in [-0.05, 0) is 62.1 Å². The van der Waals surface area contributed by atoms with Crippen LogP contribution in [-0.2, 0) is 33.7 Å². The zero-order valence-electron chi connectivity index (χ0n) is 17.3. The number of hydrogen-bond donors (Lipinski definition) is 1. The van der Waals surface area contributed by atoms with Crippen LogP contribution < -0.4 is 5.32 Å². The molecule has 0 saturated heterocycles. The van der Waals surface area contributed by atoms with Gasteiger partial charge >= 0.3 is 12.1 Å². The average molecular weight is 397 g/mol. The third kappa shape index (κ3) is 5.70. The zero-order chi connectivity index (χ0) is 21.0. The maximum Gasteiger partial charge on any atom is 0.410 e. The van der Waals surface area contributed by atoms with Crippen LogP contribution in [0.4, 0.5) is 16.3 Å². The molecule has 0 unspecified atom stereocenters. The summed E-state index contributed by atoms with van der Waals surface area (Å²) >= 11 is 0. The summed E-state index contributed by atoms with van der Waals surface area (Å²) in [4.78, 5) is 29.9. The molecular weight excluding hydrogens is 370 g/mol. The Hall–Kier alpha value is -3.09. The fraction of sp³-hybridized carbons (Fsp3) is 0.409. The minimum Gasteiger partial charge on any atom is -0.469 e. The maximum absolute atomic E-state index is 12.4. The first-order valence-corrected chi connectivity index (χ1v) is 9.62. The molecule has 0 aliphatic carbocycles. The van der Waals surface area contributed by atoms with Crippen molar-refractivity contribution in [3.05, 3.63) is 53.2 Å². The highest BCUT2D eigenvalue weighted by atomic mass is 16.6. The highest BCUT2D eigenvalue weighted by Gasteiger charge is 2.26. The molecule has 154 valence electrons. The van der Waals surface area contributed by atoms with E-state index in [-0.39, 0.29) is 18.5 Å². The number of nitrogens with zero attached hydrogens (tertiary/aromatic N) is 2. The van der Waals surface area contributed by atoms with Gasteiger partial charge in [-0.3, -0.25) is 4.79 Å². The van der Waals surface area contributed by atoms with Crippen molar-refractivity contribution in [2.75, 3.05) is 19.0 Å². The highest BCUT2D eigenvalue weighted by molar-refractivity contribution is 5.72. The molecule has 1 aromatic heterocycles. The number of hydrogen-bond acceptors (Lipinski definition) is 6. The number of fused-ring (bicyclic) bond motifs is 1. The zero-order valence-corrected chi connectivity index (χ0v) is 17.3. The first-order chi connectivity index (χ1) is 13.7. The van der Waals surface area contributed by atoms with E-state index in [1.807, 2.05) is 57.3 Å². The molecule has 1 aliphatic heterocycles. The lowest BCUT2D eigenvalue weighted by molar-refractivity contribution is -0.139. The predicted octanol–water partition coefficient (Wildman–Crippen LogP) is 3.83. The number of carbonyl (C=O) groups is 2. The van der Waals surface area contributed by atoms with Crippen molar-refractivity contribution in [2.24, 2.45) is 0 Å². The number of benzene rings is 1. The Bertz CT molecular complexity index is 888. The lowest BCUT2D eigenvalue weighted by atomic mass is 10.0. The molecule has 2 heterocycles. The van der Waals surface area contributed by atoms with Crippen molar-refractivity contribution < 1.29 is 19.1 Å². The molecule has 1 amide bonds. The van der Waals surface area contributed by atoms with Crippen LogP contribution in [0.25, 0.3) is 0 Å². The summed E-state index contributed by atoms with van der Waals surface area (Å²) in [5, 5.41) is 3.27. The van der Waals surface area contributed by atoms with Gasteiger partial charge in [-0.2, -0.15) is 0 Å². The Labute approximate surface area is 171 Å². The van der Waals surface area contributed by atoms with Gasteiger partial charge in [0.2, 0.25) is 0 Å². The van der Waals surface area contributed by atoms with Crippen molar-refractivity contribution in [3.63, 3.8) is 0 Å². The van der Waals surface area contributed by atoms with Gasteiger partial charge in [0.05, 0.1) is 13.5 Å². The van der Waals surface area contributed by atoms with Crippen LogP contribution in [-0.4, -0.2) is 41.2 Å². The molecule has 7 nitrogen and oxygen atoms in total. The van der Waals surface area contributed by atoms with Crippen LogP contribution >= 0.6 is 0 Å². The molecule has 0 fully saturated rings. The van der Waals surface area contributed by atoms with E-state index in [1.54, 1.807) is 4.90 Å². The van der Waals surface area contributed by atoms with Crippen molar-refractivity contribution in [1.82, 2.24) is 9.88 Å². The van der Waals surface area contributed by atoms with Crippen LogP contribution in [0.3, 0.4) is 0 Å². The number of aromatic nitrogens is 1. The summed E-state index contributed by atoms with van der Waals surface area (Å²) in [5.74, 6) is 0.437. The second-order valence-corrected chi connectivity index (χ2v) is 8.06. The lowest BCUT2D eigenvalue weighted by Gasteiger charge is -2.31. The van der Waals surface area contributed by atoms with Crippen LogP contribution in [0.5, 0.6) is 0 Å². The fourth-order valence-corrected chi connectivity index (χ4v) is 3.08. The summed E-state index contributed by atoms with van der Waals surface area (Å²) in [5.41, 5.74) is 3.44. The van der Waals surface area contributed by atoms with Gasteiger partial charge in [0, 0.05) is 25.0 Å². The van der Waals surface area contributed by atoms with Crippen LogP contribution in [0, 0.1) is 0 Å². The molecule has 2 aromatic rings. The molecule has 0 saturated carbocycles. The predicted molar refractivity (Wildman–Crippen MR) is 110 cm³/mol. The number of ether oxygens (including phenoxy) is 2. The van der Waals surface area contributed by atoms with Crippen molar-refractivity contribution in [2.45, 2.75) is 45.8 Å². The van der Waals surface area contributed by atoms with Crippen LogP contribution in [0.1, 0.15) is 37.5 Å². The Morgan fingerprint density at radius 2 is 1.90 bits per heavy atom. The van der Waals surface area contributed by atoms with E-state index in [1.165, 1.54) is 7.11 Å². The number of esters is 1. The molecule has 0 atom stereocenters.